The van der Waals surface area contributed by atoms with Gasteiger partial charge in [0.2, 0.25) is 0 Å². The van der Waals surface area contributed by atoms with Crippen molar-refractivity contribution in [1.82, 2.24) is 9.97 Å². The van der Waals surface area contributed by atoms with Crippen LogP contribution in [0.1, 0.15) is 15.9 Å². The van der Waals surface area contributed by atoms with Crippen LogP contribution in [-0.2, 0) is 10.0 Å². The molecule has 4 aromatic rings. The number of amides is 1. The van der Waals surface area contributed by atoms with Crippen LogP contribution in [-0.4, -0.2) is 24.3 Å². The van der Waals surface area contributed by atoms with E-state index in [0.29, 0.717) is 22.8 Å². The van der Waals surface area contributed by atoms with Crippen molar-refractivity contribution in [3.63, 3.8) is 0 Å². The van der Waals surface area contributed by atoms with E-state index in [1.165, 1.54) is 12.4 Å². The van der Waals surface area contributed by atoms with Crippen LogP contribution in [0, 0.1) is 6.92 Å². The lowest BCUT2D eigenvalue weighted by atomic mass is 10.2. The molecule has 0 aliphatic rings. The number of nitrogens with zero attached hydrogens (tertiary/aromatic N) is 2. The summed E-state index contributed by atoms with van der Waals surface area (Å²) in [7, 11) is -3.69. The van der Waals surface area contributed by atoms with Gasteiger partial charge < -0.3 is 5.32 Å². The number of benzene rings is 3. The van der Waals surface area contributed by atoms with E-state index in [2.05, 4.69) is 20.0 Å². The average Bonchev–Trinajstić information content (AvgIpc) is 2.81. The Labute approximate surface area is 186 Å². The van der Waals surface area contributed by atoms with Crippen molar-refractivity contribution >= 4 is 27.3 Å². The van der Waals surface area contributed by atoms with E-state index in [1.807, 2.05) is 37.3 Å². The Morgan fingerprint density at radius 2 is 1.38 bits per heavy atom. The zero-order valence-corrected chi connectivity index (χ0v) is 18.0. The molecule has 160 valence electrons. The second-order valence-corrected chi connectivity index (χ2v) is 8.79. The Kier molecular flexibility index (Phi) is 5.96. The lowest BCUT2D eigenvalue weighted by Gasteiger charge is -2.10. The monoisotopic (exact) mass is 444 g/mol. The average molecular weight is 445 g/mol. The minimum Gasteiger partial charge on any atom is -0.322 e. The summed E-state index contributed by atoms with van der Waals surface area (Å²) in [6.07, 6.45) is 2.93. The SMILES string of the molecule is Cc1ccc(S(=O)(=O)Nc2ccc(NC(=O)c3cnc(-c4ccccc4)nc3)cc2)cc1. The van der Waals surface area contributed by atoms with Crippen LogP contribution in [0.5, 0.6) is 0 Å². The van der Waals surface area contributed by atoms with E-state index in [4.69, 9.17) is 0 Å². The third-order valence-corrected chi connectivity index (χ3v) is 6.07. The molecule has 0 radical (unpaired) electrons. The third-order valence-electron chi connectivity index (χ3n) is 4.67. The Hall–Kier alpha value is -4.04. The van der Waals surface area contributed by atoms with Crippen molar-refractivity contribution in [2.75, 3.05) is 10.0 Å². The molecule has 32 heavy (non-hydrogen) atoms. The summed E-state index contributed by atoms with van der Waals surface area (Å²) in [5.41, 5.74) is 3.06. The number of rotatable bonds is 6. The molecule has 0 aliphatic carbocycles. The van der Waals surface area contributed by atoms with Crippen LogP contribution in [0.25, 0.3) is 11.4 Å². The van der Waals surface area contributed by atoms with Gasteiger partial charge in [-0.3, -0.25) is 9.52 Å². The van der Waals surface area contributed by atoms with Gasteiger partial charge in [0.25, 0.3) is 15.9 Å². The quantitative estimate of drug-likeness (QED) is 0.456. The van der Waals surface area contributed by atoms with Gasteiger partial charge >= 0.3 is 0 Å². The van der Waals surface area contributed by atoms with E-state index in [-0.39, 0.29) is 10.8 Å². The summed E-state index contributed by atoms with van der Waals surface area (Å²) in [6.45, 7) is 1.89. The first-order valence-corrected chi connectivity index (χ1v) is 11.3. The molecule has 0 spiro atoms. The summed E-state index contributed by atoms with van der Waals surface area (Å²) in [5, 5.41) is 2.75. The van der Waals surface area contributed by atoms with Crippen molar-refractivity contribution < 1.29 is 13.2 Å². The Balaban J connectivity index is 1.41. The summed E-state index contributed by atoms with van der Waals surface area (Å²) in [4.78, 5) is 21.2. The van der Waals surface area contributed by atoms with Crippen molar-refractivity contribution in [2.45, 2.75) is 11.8 Å². The highest BCUT2D eigenvalue weighted by Crippen LogP contribution is 2.19. The van der Waals surface area contributed by atoms with Crippen LogP contribution >= 0.6 is 0 Å². The molecular formula is C24H20N4O3S. The molecule has 0 saturated carbocycles. The molecule has 0 saturated heterocycles. The van der Waals surface area contributed by atoms with Gasteiger partial charge in [0, 0.05) is 29.3 Å². The molecule has 1 amide bonds. The molecule has 0 unspecified atom stereocenters. The summed E-state index contributed by atoms with van der Waals surface area (Å²) >= 11 is 0. The minimum atomic E-state index is -3.69. The number of anilines is 2. The second kappa shape index (κ2) is 8.99. The number of carbonyl (C=O) groups excluding carboxylic acids is 1. The second-order valence-electron chi connectivity index (χ2n) is 7.11. The van der Waals surface area contributed by atoms with Gasteiger partial charge in [0.1, 0.15) is 0 Å². The predicted molar refractivity (Wildman–Crippen MR) is 124 cm³/mol. The number of aromatic nitrogens is 2. The maximum Gasteiger partial charge on any atom is 0.261 e. The molecular weight excluding hydrogens is 424 g/mol. The molecule has 0 aliphatic heterocycles. The van der Waals surface area contributed by atoms with Gasteiger partial charge in [-0.05, 0) is 43.3 Å². The highest BCUT2D eigenvalue weighted by atomic mass is 32.2. The van der Waals surface area contributed by atoms with Gasteiger partial charge in [-0.25, -0.2) is 18.4 Å². The number of sulfonamides is 1. The van der Waals surface area contributed by atoms with Gasteiger partial charge in [0.15, 0.2) is 5.82 Å². The maximum absolute atomic E-state index is 12.5. The molecule has 1 heterocycles. The van der Waals surface area contributed by atoms with Crippen LogP contribution in [0.2, 0.25) is 0 Å². The minimum absolute atomic E-state index is 0.180. The molecule has 0 fully saturated rings. The third kappa shape index (κ3) is 4.98. The number of hydrogen-bond acceptors (Lipinski definition) is 5. The highest BCUT2D eigenvalue weighted by molar-refractivity contribution is 7.92. The van der Waals surface area contributed by atoms with Gasteiger partial charge in [-0.15, -0.1) is 0 Å². The van der Waals surface area contributed by atoms with Gasteiger partial charge in [-0.2, -0.15) is 0 Å². The van der Waals surface area contributed by atoms with Crippen molar-refractivity contribution in [1.29, 1.82) is 0 Å². The fourth-order valence-electron chi connectivity index (χ4n) is 2.94. The molecule has 3 aromatic carbocycles. The smallest absolute Gasteiger partial charge is 0.261 e. The van der Waals surface area contributed by atoms with E-state index in [1.54, 1.807) is 48.5 Å². The number of nitrogens with one attached hydrogen (secondary N) is 2. The lowest BCUT2D eigenvalue weighted by molar-refractivity contribution is 0.102. The number of hydrogen-bond donors (Lipinski definition) is 2. The molecule has 2 N–H and O–H groups in total. The van der Waals surface area contributed by atoms with Crippen LogP contribution < -0.4 is 10.0 Å². The van der Waals surface area contributed by atoms with Gasteiger partial charge in [0.05, 0.1) is 10.5 Å². The summed E-state index contributed by atoms with van der Waals surface area (Å²) in [6, 6.07) is 22.5. The molecule has 1 aromatic heterocycles. The first-order valence-electron chi connectivity index (χ1n) is 9.79. The molecule has 0 bridgehead atoms. The van der Waals surface area contributed by atoms with Crippen LogP contribution in [0.4, 0.5) is 11.4 Å². The standard InChI is InChI=1S/C24H20N4O3S/c1-17-7-13-22(14-8-17)32(30,31)28-21-11-9-20(10-12-21)27-24(29)19-15-25-23(26-16-19)18-5-3-2-4-6-18/h2-16,28H,1H3,(H,27,29). The zero-order chi connectivity index (χ0) is 22.6. The van der Waals surface area contributed by atoms with E-state index in [9.17, 15) is 13.2 Å². The number of carbonyl (C=O) groups is 1. The highest BCUT2D eigenvalue weighted by Gasteiger charge is 2.14. The Morgan fingerprint density at radius 3 is 2.00 bits per heavy atom. The van der Waals surface area contributed by atoms with E-state index >= 15 is 0 Å². The first kappa shape index (κ1) is 21.2. The largest absolute Gasteiger partial charge is 0.322 e. The molecule has 4 rings (SSSR count). The van der Waals surface area contributed by atoms with Crippen LogP contribution in [0.3, 0.4) is 0 Å². The Morgan fingerprint density at radius 1 is 0.781 bits per heavy atom. The van der Waals surface area contributed by atoms with Crippen LogP contribution in [0.15, 0.2) is 96.2 Å². The molecule has 7 nitrogen and oxygen atoms in total. The number of aryl methyl sites for hydroxylation is 1. The van der Waals surface area contributed by atoms with Crippen molar-refractivity contribution in [3.05, 3.63) is 102 Å². The fourth-order valence-corrected chi connectivity index (χ4v) is 4.00. The zero-order valence-electron chi connectivity index (χ0n) is 17.2. The van der Waals surface area contributed by atoms with Crippen molar-refractivity contribution in [2.24, 2.45) is 0 Å². The van der Waals surface area contributed by atoms with E-state index in [0.717, 1.165) is 11.1 Å². The van der Waals surface area contributed by atoms with Gasteiger partial charge in [-0.1, -0.05) is 48.0 Å². The summed E-state index contributed by atoms with van der Waals surface area (Å²) < 4.78 is 27.5. The predicted octanol–water partition coefficient (Wildman–Crippen LogP) is 4.51. The Bertz CT molecular complexity index is 1320. The van der Waals surface area contributed by atoms with Crippen molar-refractivity contribution in [3.8, 4) is 11.4 Å². The lowest BCUT2D eigenvalue weighted by Crippen LogP contribution is -2.14. The molecule has 8 heteroatoms. The summed E-state index contributed by atoms with van der Waals surface area (Å²) in [5.74, 6) is 0.171. The topological polar surface area (TPSA) is 101 Å². The first-order chi connectivity index (χ1) is 15.4. The van der Waals surface area contributed by atoms with E-state index < -0.39 is 10.0 Å². The maximum atomic E-state index is 12.5. The fraction of sp³-hybridized carbons (Fsp3) is 0.0417. The molecule has 0 atom stereocenters. The normalized spacial score (nSPS) is 11.0.